The van der Waals surface area contributed by atoms with Crippen molar-refractivity contribution in [3.8, 4) is 5.75 Å². The van der Waals surface area contributed by atoms with E-state index >= 15 is 0 Å². The average molecular weight is 424 g/mol. The Labute approximate surface area is 174 Å². The van der Waals surface area contributed by atoms with Crippen molar-refractivity contribution >= 4 is 21.6 Å². The van der Waals surface area contributed by atoms with E-state index in [1.807, 2.05) is 0 Å². The summed E-state index contributed by atoms with van der Waals surface area (Å²) in [5.41, 5.74) is 0.401. The Balaban J connectivity index is 1.75. The van der Waals surface area contributed by atoms with Gasteiger partial charge in [0.25, 0.3) is 0 Å². The summed E-state index contributed by atoms with van der Waals surface area (Å²) in [6, 6.07) is 4.69. The minimum absolute atomic E-state index is 0.151. The number of likely N-dealkylation sites (tertiary alicyclic amines) is 1. The Kier molecular flexibility index (Phi) is 7.54. The van der Waals surface area contributed by atoms with Gasteiger partial charge in [-0.3, -0.25) is 9.69 Å². The SMILES string of the molecule is COc1ccc(S(=O)(=O)N2CCCCCC2)cc1NC(=O)CN1CCCC(C)C1. The van der Waals surface area contributed by atoms with Crippen LogP contribution >= 0.6 is 0 Å². The fourth-order valence-electron chi connectivity index (χ4n) is 4.20. The van der Waals surface area contributed by atoms with Gasteiger partial charge in [-0.1, -0.05) is 19.8 Å². The van der Waals surface area contributed by atoms with Crippen LogP contribution in [0.4, 0.5) is 5.69 Å². The average Bonchev–Trinajstić information content (AvgIpc) is 2.98. The van der Waals surface area contributed by atoms with Crippen LogP contribution < -0.4 is 10.1 Å². The number of ether oxygens (including phenoxy) is 1. The fourth-order valence-corrected chi connectivity index (χ4v) is 5.74. The van der Waals surface area contributed by atoms with Crippen molar-refractivity contribution in [3.63, 3.8) is 0 Å². The number of carbonyl (C=O) groups is 1. The normalized spacial score (nSPS) is 22.1. The van der Waals surface area contributed by atoms with Gasteiger partial charge < -0.3 is 10.1 Å². The van der Waals surface area contributed by atoms with E-state index in [0.29, 0.717) is 37.0 Å². The van der Waals surface area contributed by atoms with Crippen LogP contribution in [0.25, 0.3) is 0 Å². The number of nitrogens with one attached hydrogen (secondary N) is 1. The summed E-state index contributed by atoms with van der Waals surface area (Å²) in [6.07, 6.45) is 6.18. The first-order valence-electron chi connectivity index (χ1n) is 10.6. The zero-order valence-electron chi connectivity index (χ0n) is 17.5. The van der Waals surface area contributed by atoms with Crippen molar-refractivity contribution in [3.05, 3.63) is 18.2 Å². The maximum absolute atomic E-state index is 13.1. The summed E-state index contributed by atoms with van der Waals surface area (Å²) in [4.78, 5) is 14.9. The number of hydrogen-bond donors (Lipinski definition) is 1. The van der Waals surface area contributed by atoms with Crippen LogP contribution in [0, 0.1) is 5.92 Å². The smallest absolute Gasteiger partial charge is 0.243 e. The highest BCUT2D eigenvalue weighted by atomic mass is 32.2. The maximum atomic E-state index is 13.1. The molecule has 162 valence electrons. The number of carbonyl (C=O) groups excluding carboxylic acids is 1. The van der Waals surface area contributed by atoms with Crippen LogP contribution in [0.3, 0.4) is 0 Å². The number of methoxy groups -OCH3 is 1. The first kappa shape index (κ1) is 22.1. The predicted molar refractivity (Wildman–Crippen MR) is 114 cm³/mol. The third kappa shape index (κ3) is 5.71. The van der Waals surface area contributed by atoms with Crippen molar-refractivity contribution < 1.29 is 17.9 Å². The van der Waals surface area contributed by atoms with Crippen LogP contribution in [0.1, 0.15) is 45.4 Å². The van der Waals surface area contributed by atoms with Crippen molar-refractivity contribution in [1.82, 2.24) is 9.21 Å². The Bertz CT molecular complexity index is 804. The van der Waals surface area contributed by atoms with E-state index in [2.05, 4.69) is 17.1 Å². The number of nitrogens with zero attached hydrogens (tertiary/aromatic N) is 2. The highest BCUT2D eigenvalue weighted by Gasteiger charge is 2.26. The second-order valence-corrected chi connectivity index (χ2v) is 10.1. The molecule has 8 heteroatoms. The molecule has 0 saturated carbocycles. The van der Waals surface area contributed by atoms with Gasteiger partial charge >= 0.3 is 0 Å². The summed E-state index contributed by atoms with van der Waals surface area (Å²) >= 11 is 0. The molecule has 2 aliphatic heterocycles. The monoisotopic (exact) mass is 423 g/mol. The maximum Gasteiger partial charge on any atom is 0.243 e. The molecule has 1 atom stereocenters. The van der Waals surface area contributed by atoms with Gasteiger partial charge in [-0.15, -0.1) is 0 Å². The Morgan fingerprint density at radius 3 is 2.52 bits per heavy atom. The number of anilines is 1. The molecule has 2 aliphatic rings. The quantitative estimate of drug-likeness (QED) is 0.761. The largest absolute Gasteiger partial charge is 0.495 e. The number of benzene rings is 1. The first-order valence-corrected chi connectivity index (χ1v) is 12.0. The minimum atomic E-state index is -3.59. The third-order valence-corrected chi connectivity index (χ3v) is 7.65. The van der Waals surface area contributed by atoms with Gasteiger partial charge in [-0.2, -0.15) is 4.31 Å². The highest BCUT2D eigenvalue weighted by Crippen LogP contribution is 2.30. The van der Waals surface area contributed by atoms with E-state index in [-0.39, 0.29) is 10.8 Å². The second kappa shape index (κ2) is 9.91. The molecule has 2 fully saturated rings. The molecule has 1 aromatic rings. The highest BCUT2D eigenvalue weighted by molar-refractivity contribution is 7.89. The van der Waals surface area contributed by atoms with Crippen LogP contribution in [-0.4, -0.2) is 63.4 Å². The van der Waals surface area contributed by atoms with Crippen LogP contribution in [0.15, 0.2) is 23.1 Å². The van der Waals surface area contributed by atoms with E-state index in [1.165, 1.54) is 19.6 Å². The van der Waals surface area contributed by atoms with Crippen LogP contribution in [-0.2, 0) is 14.8 Å². The summed E-state index contributed by atoms with van der Waals surface area (Å²) in [6.45, 7) is 5.42. The molecule has 3 rings (SSSR count). The number of hydrogen-bond acceptors (Lipinski definition) is 5. The number of amides is 1. The van der Waals surface area contributed by atoms with E-state index in [0.717, 1.165) is 45.2 Å². The number of rotatable bonds is 6. The molecule has 1 amide bonds. The van der Waals surface area contributed by atoms with E-state index in [4.69, 9.17) is 4.74 Å². The van der Waals surface area contributed by atoms with E-state index in [1.54, 1.807) is 16.4 Å². The molecule has 0 bridgehead atoms. The van der Waals surface area contributed by atoms with Gasteiger partial charge in [0.1, 0.15) is 5.75 Å². The predicted octanol–water partition coefficient (Wildman–Crippen LogP) is 2.93. The first-order chi connectivity index (χ1) is 13.9. The molecule has 0 spiro atoms. The molecule has 0 radical (unpaired) electrons. The molecule has 29 heavy (non-hydrogen) atoms. The van der Waals surface area contributed by atoms with Crippen molar-refractivity contribution in [2.75, 3.05) is 45.2 Å². The van der Waals surface area contributed by atoms with Gasteiger partial charge in [0.05, 0.1) is 24.2 Å². The second-order valence-electron chi connectivity index (χ2n) is 8.21. The molecule has 0 aromatic heterocycles. The fraction of sp³-hybridized carbons (Fsp3) is 0.667. The molecular formula is C21H33N3O4S. The Morgan fingerprint density at radius 2 is 1.86 bits per heavy atom. The summed E-state index contributed by atoms with van der Waals surface area (Å²) in [5.74, 6) is 0.898. The molecule has 2 saturated heterocycles. The molecule has 0 aliphatic carbocycles. The van der Waals surface area contributed by atoms with Gasteiger partial charge in [-0.05, 0) is 56.3 Å². The topological polar surface area (TPSA) is 79.0 Å². The lowest BCUT2D eigenvalue weighted by atomic mass is 10.0. The van der Waals surface area contributed by atoms with E-state index < -0.39 is 10.0 Å². The number of sulfonamides is 1. The molecule has 1 unspecified atom stereocenters. The minimum Gasteiger partial charge on any atom is -0.495 e. The zero-order chi connectivity index (χ0) is 20.9. The van der Waals surface area contributed by atoms with Crippen molar-refractivity contribution in [2.45, 2.75) is 50.3 Å². The lowest BCUT2D eigenvalue weighted by Gasteiger charge is -2.30. The molecule has 1 N–H and O–H groups in total. The molecule has 7 nitrogen and oxygen atoms in total. The number of piperidine rings is 1. The Hall–Kier alpha value is -1.64. The standard InChI is InChI=1S/C21H33N3O4S/c1-17-8-7-11-23(15-17)16-21(25)22-19-14-18(9-10-20(19)28-2)29(26,27)24-12-5-3-4-6-13-24/h9-10,14,17H,3-8,11-13,15-16H2,1-2H3,(H,22,25). The van der Waals surface area contributed by atoms with Gasteiger partial charge in [0, 0.05) is 19.6 Å². The third-order valence-electron chi connectivity index (χ3n) is 5.76. The molecular weight excluding hydrogens is 390 g/mol. The van der Waals surface area contributed by atoms with Crippen LogP contribution in [0.2, 0.25) is 0 Å². The van der Waals surface area contributed by atoms with Gasteiger partial charge in [-0.25, -0.2) is 8.42 Å². The summed E-state index contributed by atoms with van der Waals surface area (Å²) < 4.78 is 33.1. The summed E-state index contributed by atoms with van der Waals surface area (Å²) in [5, 5.41) is 2.86. The molecule has 2 heterocycles. The van der Waals surface area contributed by atoms with E-state index in [9.17, 15) is 13.2 Å². The lowest BCUT2D eigenvalue weighted by molar-refractivity contribution is -0.117. The van der Waals surface area contributed by atoms with Gasteiger partial charge in [0.2, 0.25) is 15.9 Å². The Morgan fingerprint density at radius 1 is 1.14 bits per heavy atom. The summed E-state index contributed by atoms with van der Waals surface area (Å²) in [7, 11) is -2.07. The van der Waals surface area contributed by atoms with Crippen LogP contribution in [0.5, 0.6) is 5.75 Å². The van der Waals surface area contributed by atoms with Crippen molar-refractivity contribution in [2.24, 2.45) is 5.92 Å². The molecule has 1 aromatic carbocycles. The van der Waals surface area contributed by atoms with Gasteiger partial charge in [0.15, 0.2) is 0 Å². The lowest BCUT2D eigenvalue weighted by Crippen LogP contribution is -2.39. The van der Waals surface area contributed by atoms with Crippen molar-refractivity contribution in [1.29, 1.82) is 0 Å². The zero-order valence-corrected chi connectivity index (χ0v) is 18.3.